The number of fused-ring (bicyclic) bond motifs is 1. The molecule has 5 nitrogen and oxygen atoms in total. The van der Waals surface area contributed by atoms with Gasteiger partial charge >= 0.3 is 0 Å². The summed E-state index contributed by atoms with van der Waals surface area (Å²) in [5.74, 6) is 1.40. The Morgan fingerprint density at radius 3 is 2.90 bits per heavy atom. The number of thioether (sulfide) groups is 1. The highest BCUT2D eigenvalue weighted by atomic mass is 32.2. The van der Waals surface area contributed by atoms with Crippen molar-refractivity contribution in [2.24, 2.45) is 0 Å². The second-order valence-corrected chi connectivity index (χ2v) is 5.52. The van der Waals surface area contributed by atoms with Crippen molar-refractivity contribution in [3.05, 3.63) is 35.8 Å². The van der Waals surface area contributed by atoms with Crippen molar-refractivity contribution in [3.63, 3.8) is 0 Å². The summed E-state index contributed by atoms with van der Waals surface area (Å²) in [6, 6.07) is 8.20. The molecular weight excluding hydrogens is 284 g/mol. The number of benzene rings is 1. The summed E-state index contributed by atoms with van der Waals surface area (Å²) in [5, 5.41) is 8.29. The molecule has 0 spiro atoms. The van der Waals surface area contributed by atoms with Crippen LogP contribution in [0.25, 0.3) is 11.1 Å². The summed E-state index contributed by atoms with van der Waals surface area (Å²) in [7, 11) is 0. The Labute approximate surface area is 127 Å². The smallest absolute Gasteiger partial charge is 0.263 e. The molecule has 108 valence electrons. The third-order valence-corrected chi connectivity index (χ3v) is 3.91. The van der Waals surface area contributed by atoms with E-state index in [-0.39, 0.29) is 0 Å². The van der Waals surface area contributed by atoms with E-state index in [1.807, 2.05) is 26.0 Å². The van der Waals surface area contributed by atoms with E-state index >= 15 is 0 Å². The van der Waals surface area contributed by atoms with Gasteiger partial charge in [0, 0.05) is 10.6 Å². The van der Waals surface area contributed by atoms with Gasteiger partial charge in [0.05, 0.1) is 5.69 Å². The molecule has 0 unspecified atom stereocenters. The molecule has 0 radical (unpaired) electrons. The molecule has 0 fully saturated rings. The molecule has 1 N–H and O–H groups in total. The van der Waals surface area contributed by atoms with Crippen molar-refractivity contribution in [1.82, 2.24) is 15.1 Å². The van der Waals surface area contributed by atoms with Crippen LogP contribution < -0.4 is 5.32 Å². The monoisotopic (exact) mass is 300 g/mol. The van der Waals surface area contributed by atoms with Crippen LogP contribution in [-0.2, 0) is 6.42 Å². The molecule has 0 aliphatic rings. The minimum atomic E-state index is 0.530. The predicted octanol–water partition coefficient (Wildman–Crippen LogP) is 3.95. The molecule has 0 saturated heterocycles. The van der Waals surface area contributed by atoms with Gasteiger partial charge in [0.1, 0.15) is 17.0 Å². The molecule has 0 amide bonds. The van der Waals surface area contributed by atoms with Gasteiger partial charge in [-0.3, -0.25) is 0 Å². The SMILES string of the molecule is CCc1noc2nc(C)nc(Nc3cccc(SC)c3)c12. The predicted molar refractivity (Wildman–Crippen MR) is 85.2 cm³/mol. The van der Waals surface area contributed by atoms with Crippen molar-refractivity contribution in [2.45, 2.75) is 25.2 Å². The first-order chi connectivity index (χ1) is 10.2. The fourth-order valence-corrected chi connectivity index (χ4v) is 2.65. The first-order valence-electron chi connectivity index (χ1n) is 6.75. The third kappa shape index (κ3) is 2.71. The molecule has 0 atom stereocenters. The second-order valence-electron chi connectivity index (χ2n) is 4.64. The molecule has 0 bridgehead atoms. The standard InChI is InChI=1S/C15H16N4OS/c1-4-12-13-14(16-9(2)17-15(13)20-19-12)18-10-6-5-7-11(8-10)21-3/h5-8H,4H2,1-3H3,(H,16,17,18). The average Bonchev–Trinajstić information content (AvgIpc) is 2.90. The van der Waals surface area contributed by atoms with E-state index in [1.54, 1.807) is 11.8 Å². The Morgan fingerprint density at radius 2 is 2.14 bits per heavy atom. The van der Waals surface area contributed by atoms with E-state index in [9.17, 15) is 0 Å². The van der Waals surface area contributed by atoms with Crippen molar-refractivity contribution >= 4 is 34.4 Å². The zero-order valence-corrected chi connectivity index (χ0v) is 13.0. The van der Waals surface area contributed by atoms with Crippen LogP contribution in [-0.4, -0.2) is 21.4 Å². The van der Waals surface area contributed by atoms with E-state index in [2.05, 4.69) is 38.8 Å². The lowest BCUT2D eigenvalue weighted by Gasteiger charge is -2.08. The fraction of sp³-hybridized carbons (Fsp3) is 0.267. The maximum absolute atomic E-state index is 5.30. The first-order valence-corrected chi connectivity index (χ1v) is 7.97. The van der Waals surface area contributed by atoms with Gasteiger partial charge in [0.25, 0.3) is 5.71 Å². The number of hydrogen-bond acceptors (Lipinski definition) is 6. The summed E-state index contributed by atoms with van der Waals surface area (Å²) in [6.45, 7) is 3.88. The topological polar surface area (TPSA) is 63.8 Å². The van der Waals surface area contributed by atoms with Crippen LogP contribution in [0.3, 0.4) is 0 Å². The van der Waals surface area contributed by atoms with Crippen LogP contribution in [0.1, 0.15) is 18.4 Å². The van der Waals surface area contributed by atoms with Gasteiger partial charge in [0.15, 0.2) is 0 Å². The van der Waals surface area contributed by atoms with E-state index in [0.29, 0.717) is 11.5 Å². The number of anilines is 2. The Bertz CT molecular complexity index is 784. The summed E-state index contributed by atoms with van der Waals surface area (Å²) in [6.07, 6.45) is 2.83. The molecule has 6 heteroatoms. The van der Waals surface area contributed by atoms with Gasteiger partial charge in [-0.15, -0.1) is 11.8 Å². The van der Waals surface area contributed by atoms with E-state index in [4.69, 9.17) is 4.52 Å². The van der Waals surface area contributed by atoms with Crippen LogP contribution in [0, 0.1) is 6.92 Å². The number of aryl methyl sites for hydroxylation is 2. The van der Waals surface area contributed by atoms with Crippen molar-refractivity contribution < 1.29 is 4.52 Å². The molecule has 0 aliphatic carbocycles. The van der Waals surface area contributed by atoms with Gasteiger partial charge in [-0.25, -0.2) is 4.98 Å². The molecular formula is C15H16N4OS. The van der Waals surface area contributed by atoms with Crippen molar-refractivity contribution in [3.8, 4) is 0 Å². The van der Waals surface area contributed by atoms with Crippen LogP contribution in [0.15, 0.2) is 33.7 Å². The Balaban J connectivity index is 2.08. The van der Waals surface area contributed by atoms with Gasteiger partial charge in [0.2, 0.25) is 0 Å². The van der Waals surface area contributed by atoms with E-state index < -0.39 is 0 Å². The van der Waals surface area contributed by atoms with Crippen LogP contribution in [0.4, 0.5) is 11.5 Å². The normalized spacial score (nSPS) is 11.0. The van der Waals surface area contributed by atoms with E-state index in [0.717, 1.165) is 29.0 Å². The molecule has 0 aliphatic heterocycles. The molecule has 1 aromatic carbocycles. The molecule has 2 heterocycles. The van der Waals surface area contributed by atoms with Crippen LogP contribution in [0.5, 0.6) is 0 Å². The van der Waals surface area contributed by atoms with Crippen molar-refractivity contribution in [1.29, 1.82) is 0 Å². The van der Waals surface area contributed by atoms with Gasteiger partial charge < -0.3 is 9.84 Å². The summed E-state index contributed by atoms with van der Waals surface area (Å²) in [5.41, 5.74) is 2.39. The zero-order valence-electron chi connectivity index (χ0n) is 12.2. The third-order valence-electron chi connectivity index (χ3n) is 3.19. The second kappa shape index (κ2) is 5.73. The van der Waals surface area contributed by atoms with Crippen molar-refractivity contribution in [2.75, 3.05) is 11.6 Å². The maximum Gasteiger partial charge on any atom is 0.263 e. The molecule has 21 heavy (non-hydrogen) atoms. The molecule has 0 saturated carbocycles. The lowest BCUT2D eigenvalue weighted by atomic mass is 10.2. The lowest BCUT2D eigenvalue weighted by molar-refractivity contribution is 0.439. The van der Waals surface area contributed by atoms with Crippen LogP contribution >= 0.6 is 11.8 Å². The molecule has 3 rings (SSSR count). The molecule has 2 aromatic heterocycles. The number of aromatic nitrogens is 3. The summed E-state index contributed by atoms with van der Waals surface area (Å²) < 4.78 is 5.30. The van der Waals surface area contributed by atoms with Gasteiger partial charge in [-0.2, -0.15) is 4.98 Å². The quantitative estimate of drug-likeness (QED) is 0.736. The van der Waals surface area contributed by atoms with Gasteiger partial charge in [-0.05, 0) is 37.8 Å². The number of nitrogens with zero attached hydrogens (tertiary/aromatic N) is 3. The number of hydrogen-bond donors (Lipinski definition) is 1. The Hall–Kier alpha value is -2.08. The minimum Gasteiger partial charge on any atom is -0.339 e. The summed E-state index contributed by atoms with van der Waals surface area (Å²) in [4.78, 5) is 10.00. The maximum atomic E-state index is 5.30. The average molecular weight is 300 g/mol. The Kier molecular flexibility index (Phi) is 3.79. The summed E-state index contributed by atoms with van der Waals surface area (Å²) >= 11 is 1.71. The zero-order chi connectivity index (χ0) is 14.8. The fourth-order valence-electron chi connectivity index (χ4n) is 2.19. The highest BCUT2D eigenvalue weighted by molar-refractivity contribution is 7.98. The lowest BCUT2D eigenvalue weighted by Crippen LogP contribution is -1.99. The van der Waals surface area contributed by atoms with Gasteiger partial charge in [-0.1, -0.05) is 18.1 Å². The highest BCUT2D eigenvalue weighted by Crippen LogP contribution is 2.28. The Morgan fingerprint density at radius 1 is 1.29 bits per heavy atom. The number of rotatable bonds is 4. The minimum absolute atomic E-state index is 0.530. The number of nitrogens with one attached hydrogen (secondary N) is 1. The first kappa shape index (κ1) is 13.9. The van der Waals surface area contributed by atoms with Crippen LogP contribution in [0.2, 0.25) is 0 Å². The molecule has 3 aromatic rings. The largest absolute Gasteiger partial charge is 0.339 e. The van der Waals surface area contributed by atoms with E-state index in [1.165, 1.54) is 4.90 Å². The highest BCUT2D eigenvalue weighted by Gasteiger charge is 2.15.